The average molecular weight is 420 g/mol. The van der Waals surface area contributed by atoms with Crippen LogP contribution in [-0.2, 0) is 0 Å². The minimum atomic E-state index is -0.618. The average Bonchev–Trinajstić information content (AvgIpc) is 2.61. The first kappa shape index (κ1) is 19.0. The molecule has 3 rings (SSSR count). The first-order valence-corrected chi connectivity index (χ1v) is 8.71. The normalized spacial score (nSPS) is 11.0. The van der Waals surface area contributed by atoms with E-state index in [2.05, 4.69) is 15.0 Å². The van der Waals surface area contributed by atoms with E-state index < -0.39 is 11.4 Å². The fourth-order valence-corrected chi connectivity index (χ4v) is 2.91. The minimum Gasteiger partial charge on any atom is -0.494 e. The first-order chi connectivity index (χ1) is 12.9. The van der Waals surface area contributed by atoms with Crippen molar-refractivity contribution in [2.75, 3.05) is 0 Å². The van der Waals surface area contributed by atoms with Gasteiger partial charge in [0.1, 0.15) is 5.56 Å². The van der Waals surface area contributed by atoms with Gasteiger partial charge in [-0.15, -0.1) is 0 Å². The number of aliphatic imine (C=N–C) groups is 1. The van der Waals surface area contributed by atoms with E-state index in [1.165, 1.54) is 12.1 Å². The van der Waals surface area contributed by atoms with Crippen molar-refractivity contribution < 1.29 is 9.90 Å². The second kappa shape index (κ2) is 7.87. The Morgan fingerprint density at radius 1 is 1.11 bits per heavy atom. The van der Waals surface area contributed by atoms with Crippen molar-refractivity contribution >= 4 is 53.1 Å². The van der Waals surface area contributed by atoms with Crippen molar-refractivity contribution in [3.8, 4) is 5.88 Å². The molecule has 3 N–H and O–H groups in total. The predicted octanol–water partition coefficient (Wildman–Crippen LogP) is 4.43. The number of halogens is 2. The maximum Gasteiger partial charge on any atom is 0.264 e. The van der Waals surface area contributed by atoms with E-state index in [9.17, 15) is 14.7 Å². The molecule has 0 aliphatic carbocycles. The maximum atomic E-state index is 12.9. The van der Waals surface area contributed by atoms with Crippen LogP contribution >= 0.6 is 35.4 Å². The maximum absolute atomic E-state index is 12.9. The van der Waals surface area contributed by atoms with E-state index in [0.717, 1.165) is 6.21 Å². The number of aromatic nitrogens is 2. The van der Waals surface area contributed by atoms with Crippen molar-refractivity contribution in [1.29, 1.82) is 0 Å². The molecule has 0 fully saturated rings. The van der Waals surface area contributed by atoms with Gasteiger partial charge in [-0.1, -0.05) is 35.3 Å². The van der Waals surface area contributed by atoms with Crippen LogP contribution in [0, 0.1) is 4.77 Å². The molecule has 136 valence electrons. The molecule has 0 atom stereocenters. The van der Waals surface area contributed by atoms with Crippen LogP contribution in [0.5, 0.6) is 5.88 Å². The molecule has 9 heteroatoms. The highest BCUT2D eigenvalue weighted by Gasteiger charge is 2.17. The van der Waals surface area contributed by atoms with Gasteiger partial charge in [-0.05, 0) is 42.5 Å². The number of rotatable bonds is 4. The predicted molar refractivity (Wildman–Crippen MR) is 108 cm³/mol. The topological polar surface area (TPSA) is 98.3 Å². The van der Waals surface area contributed by atoms with Crippen LogP contribution in [0.1, 0.15) is 21.5 Å². The molecule has 1 aromatic heterocycles. The van der Waals surface area contributed by atoms with Gasteiger partial charge in [0.25, 0.3) is 5.56 Å². The summed E-state index contributed by atoms with van der Waals surface area (Å²) in [7, 11) is 0. The Balaban J connectivity index is 2.08. The number of hydrogen-bond acceptors (Lipinski definition) is 5. The number of carbonyl (C=O) groups excluding carboxylic acids is 1. The second-order valence-corrected chi connectivity index (χ2v) is 6.65. The van der Waals surface area contributed by atoms with E-state index in [1.807, 2.05) is 0 Å². The highest BCUT2D eigenvalue weighted by Crippen LogP contribution is 2.28. The molecule has 0 radical (unpaired) electrons. The molecule has 6 nitrogen and oxygen atoms in total. The molecule has 0 saturated carbocycles. The molecule has 3 aromatic rings. The van der Waals surface area contributed by atoms with Gasteiger partial charge in [0.2, 0.25) is 5.88 Å². The molecule has 0 aliphatic heterocycles. The zero-order chi connectivity index (χ0) is 19.6. The summed E-state index contributed by atoms with van der Waals surface area (Å²) in [6.07, 6.45) is 1.13. The fraction of sp³-hybridized carbons (Fsp3) is 0. The SMILES string of the molecule is O=C(c1ccccc1Cl)c1cc(Cl)ccc1N=Cc1c(O)[nH]c(=S)[nH]c1=O. The number of nitrogens with one attached hydrogen (secondary N) is 2. The summed E-state index contributed by atoms with van der Waals surface area (Å²) in [5, 5.41) is 10.5. The van der Waals surface area contributed by atoms with Gasteiger partial charge in [0, 0.05) is 22.4 Å². The van der Waals surface area contributed by atoms with Crippen molar-refractivity contribution in [3.05, 3.63) is 84.3 Å². The van der Waals surface area contributed by atoms with Crippen molar-refractivity contribution in [3.63, 3.8) is 0 Å². The van der Waals surface area contributed by atoms with Crippen LogP contribution in [0.15, 0.2) is 52.3 Å². The summed E-state index contributed by atoms with van der Waals surface area (Å²) in [4.78, 5) is 33.7. The zero-order valence-electron chi connectivity index (χ0n) is 13.5. The minimum absolute atomic E-state index is 0.0178. The summed E-state index contributed by atoms with van der Waals surface area (Å²) >= 11 is 16.9. The molecule has 0 aliphatic rings. The number of carbonyl (C=O) groups is 1. The number of nitrogens with zero attached hydrogens (tertiary/aromatic N) is 1. The van der Waals surface area contributed by atoms with Gasteiger partial charge >= 0.3 is 0 Å². The molecule has 27 heavy (non-hydrogen) atoms. The van der Waals surface area contributed by atoms with E-state index >= 15 is 0 Å². The Hall–Kier alpha value is -2.74. The van der Waals surface area contributed by atoms with E-state index in [-0.39, 0.29) is 27.4 Å². The summed E-state index contributed by atoms with van der Waals surface area (Å²) in [6, 6.07) is 11.1. The third-order valence-electron chi connectivity index (χ3n) is 3.61. The molecular weight excluding hydrogens is 409 g/mol. The van der Waals surface area contributed by atoms with Gasteiger partial charge in [0.15, 0.2) is 10.6 Å². The molecular formula is C18H11Cl2N3O3S. The van der Waals surface area contributed by atoms with Gasteiger partial charge in [-0.3, -0.25) is 19.6 Å². The standard InChI is InChI=1S/C18H11Cl2N3O3S/c19-9-5-6-14(21-8-12-16(25)22-18(27)23-17(12)26)11(7-9)15(24)10-3-1-2-4-13(10)20/h1-8H,(H3,22,23,25,26,27). The van der Waals surface area contributed by atoms with Crippen LogP contribution in [0.4, 0.5) is 5.69 Å². The van der Waals surface area contributed by atoms with E-state index in [4.69, 9.17) is 35.4 Å². The Kier molecular flexibility index (Phi) is 5.55. The van der Waals surface area contributed by atoms with E-state index in [0.29, 0.717) is 15.6 Å². The third kappa shape index (κ3) is 4.16. The number of benzene rings is 2. The van der Waals surface area contributed by atoms with Crippen LogP contribution in [-0.4, -0.2) is 27.1 Å². The zero-order valence-corrected chi connectivity index (χ0v) is 15.8. The molecule has 0 unspecified atom stereocenters. The largest absolute Gasteiger partial charge is 0.494 e. The first-order valence-electron chi connectivity index (χ1n) is 7.55. The molecule has 1 heterocycles. The Bertz CT molecular complexity index is 1180. The molecule has 0 spiro atoms. The molecule has 0 saturated heterocycles. The summed E-state index contributed by atoms with van der Waals surface area (Å²) in [6.45, 7) is 0. The van der Waals surface area contributed by atoms with Gasteiger partial charge in [-0.2, -0.15) is 0 Å². The monoisotopic (exact) mass is 419 g/mol. The van der Waals surface area contributed by atoms with Crippen molar-refractivity contribution in [2.24, 2.45) is 4.99 Å². The Morgan fingerprint density at radius 2 is 1.85 bits per heavy atom. The molecule has 2 aromatic carbocycles. The van der Waals surface area contributed by atoms with Gasteiger partial charge in [0.05, 0.1) is 10.7 Å². The quantitative estimate of drug-likeness (QED) is 0.331. The Labute approximate surface area is 168 Å². The van der Waals surface area contributed by atoms with Crippen LogP contribution in [0.2, 0.25) is 10.0 Å². The number of H-pyrrole nitrogens is 2. The summed E-state index contributed by atoms with van der Waals surface area (Å²) in [5.41, 5.74) is 0.00205. The summed E-state index contributed by atoms with van der Waals surface area (Å²) < 4.78 is -0.0178. The van der Waals surface area contributed by atoms with Crippen LogP contribution < -0.4 is 5.56 Å². The number of ketones is 1. The lowest BCUT2D eigenvalue weighted by Gasteiger charge is -2.07. The highest BCUT2D eigenvalue weighted by molar-refractivity contribution is 7.71. The van der Waals surface area contributed by atoms with Crippen LogP contribution in [0.3, 0.4) is 0 Å². The third-order valence-corrected chi connectivity index (χ3v) is 4.38. The van der Waals surface area contributed by atoms with Gasteiger partial charge < -0.3 is 10.1 Å². The fourth-order valence-electron chi connectivity index (χ4n) is 2.33. The lowest BCUT2D eigenvalue weighted by Crippen LogP contribution is -2.13. The number of aromatic hydroxyl groups is 1. The highest BCUT2D eigenvalue weighted by atomic mass is 35.5. The Morgan fingerprint density at radius 3 is 2.56 bits per heavy atom. The number of hydrogen-bond donors (Lipinski definition) is 3. The summed E-state index contributed by atoms with van der Waals surface area (Å²) in [5.74, 6) is -0.804. The molecule has 0 amide bonds. The molecule has 0 bridgehead atoms. The van der Waals surface area contributed by atoms with Gasteiger partial charge in [-0.25, -0.2) is 0 Å². The van der Waals surface area contributed by atoms with Crippen LogP contribution in [0.25, 0.3) is 0 Å². The number of aromatic amines is 2. The van der Waals surface area contributed by atoms with Crippen molar-refractivity contribution in [1.82, 2.24) is 9.97 Å². The second-order valence-electron chi connectivity index (χ2n) is 5.40. The van der Waals surface area contributed by atoms with E-state index in [1.54, 1.807) is 30.3 Å². The lowest BCUT2D eigenvalue weighted by atomic mass is 10.0. The smallest absolute Gasteiger partial charge is 0.264 e. The van der Waals surface area contributed by atoms with Crippen molar-refractivity contribution in [2.45, 2.75) is 0 Å². The lowest BCUT2D eigenvalue weighted by molar-refractivity contribution is 0.103.